The summed E-state index contributed by atoms with van der Waals surface area (Å²) in [5, 5.41) is 1.05. The maximum absolute atomic E-state index is 13.7. The van der Waals surface area contributed by atoms with Crippen molar-refractivity contribution in [1.29, 1.82) is 0 Å². The lowest BCUT2D eigenvalue weighted by molar-refractivity contribution is 0.631. The third kappa shape index (κ3) is 1.31. The van der Waals surface area contributed by atoms with E-state index in [2.05, 4.69) is 4.98 Å². The van der Waals surface area contributed by atoms with Crippen LogP contribution >= 0.6 is 0 Å². The predicted molar refractivity (Wildman–Crippen MR) is 63.7 cm³/mol. The summed E-state index contributed by atoms with van der Waals surface area (Å²) >= 11 is 0. The molecule has 3 aromatic rings. The Kier molecular flexibility index (Phi) is 2.00. The monoisotopic (exact) mass is 211 g/mol. The van der Waals surface area contributed by atoms with E-state index in [9.17, 15) is 4.39 Å². The Bertz CT molecular complexity index is 640. The summed E-state index contributed by atoms with van der Waals surface area (Å²) in [6.45, 7) is 0. The molecule has 0 fully saturated rings. The summed E-state index contributed by atoms with van der Waals surface area (Å²) in [7, 11) is 0. The average molecular weight is 211 g/mol. The number of halogens is 1. The van der Waals surface area contributed by atoms with E-state index in [0.717, 1.165) is 16.5 Å². The Hall–Kier alpha value is -2.09. The molecule has 78 valence electrons. The summed E-state index contributed by atoms with van der Waals surface area (Å²) in [5.41, 5.74) is 2.58. The number of hydrogen-bond donors (Lipinski definition) is 1. The van der Waals surface area contributed by atoms with Gasteiger partial charge in [-0.25, -0.2) is 4.39 Å². The van der Waals surface area contributed by atoms with Crippen LogP contribution in [0, 0.1) is 5.82 Å². The molecule has 1 aromatic heterocycles. The van der Waals surface area contributed by atoms with E-state index in [-0.39, 0.29) is 5.82 Å². The molecule has 0 aliphatic rings. The SMILES string of the molecule is Fc1ccccc1-c1c[nH]c2ccccc12. The Labute approximate surface area is 92.5 Å². The number of aromatic nitrogens is 1. The highest BCUT2D eigenvalue weighted by molar-refractivity contribution is 5.95. The number of H-pyrrole nitrogens is 1. The summed E-state index contributed by atoms with van der Waals surface area (Å²) in [5.74, 6) is -0.188. The molecule has 3 rings (SSSR count). The zero-order chi connectivity index (χ0) is 11.0. The number of nitrogens with one attached hydrogen (secondary N) is 1. The van der Waals surface area contributed by atoms with Gasteiger partial charge in [0.25, 0.3) is 0 Å². The smallest absolute Gasteiger partial charge is 0.131 e. The maximum Gasteiger partial charge on any atom is 0.131 e. The van der Waals surface area contributed by atoms with Crippen molar-refractivity contribution >= 4 is 10.9 Å². The van der Waals surface area contributed by atoms with Gasteiger partial charge in [-0.05, 0) is 12.1 Å². The topological polar surface area (TPSA) is 15.8 Å². The first-order valence-electron chi connectivity index (χ1n) is 5.17. The molecular weight excluding hydrogens is 201 g/mol. The lowest BCUT2D eigenvalue weighted by Crippen LogP contribution is -1.81. The van der Waals surface area contributed by atoms with Gasteiger partial charge in [-0.3, -0.25) is 0 Å². The molecule has 1 N–H and O–H groups in total. The molecule has 0 radical (unpaired) electrons. The van der Waals surface area contributed by atoms with E-state index < -0.39 is 0 Å². The van der Waals surface area contributed by atoms with Crippen molar-refractivity contribution in [2.45, 2.75) is 0 Å². The first-order valence-corrected chi connectivity index (χ1v) is 5.17. The highest BCUT2D eigenvalue weighted by Crippen LogP contribution is 2.29. The molecule has 1 nitrogen and oxygen atoms in total. The zero-order valence-electron chi connectivity index (χ0n) is 8.57. The minimum Gasteiger partial charge on any atom is -0.361 e. The molecule has 0 atom stereocenters. The molecule has 0 amide bonds. The quantitative estimate of drug-likeness (QED) is 0.626. The predicted octanol–water partition coefficient (Wildman–Crippen LogP) is 3.97. The first kappa shape index (κ1) is 9.16. The van der Waals surface area contributed by atoms with Crippen LogP contribution < -0.4 is 0 Å². The third-order valence-corrected chi connectivity index (χ3v) is 2.75. The number of para-hydroxylation sites is 1. The lowest BCUT2D eigenvalue weighted by Gasteiger charge is -2.00. The van der Waals surface area contributed by atoms with Gasteiger partial charge in [-0.2, -0.15) is 0 Å². The van der Waals surface area contributed by atoms with E-state index in [4.69, 9.17) is 0 Å². The van der Waals surface area contributed by atoms with Gasteiger partial charge in [0.1, 0.15) is 5.82 Å². The minimum atomic E-state index is -0.188. The number of benzene rings is 2. The Morgan fingerprint density at radius 1 is 0.812 bits per heavy atom. The Balaban J connectivity index is 2.31. The minimum absolute atomic E-state index is 0.188. The third-order valence-electron chi connectivity index (χ3n) is 2.75. The standard InChI is InChI=1S/C14H10FN/c15-13-7-3-1-5-10(13)12-9-16-14-8-4-2-6-11(12)14/h1-9,16H. The fourth-order valence-electron chi connectivity index (χ4n) is 1.97. The van der Waals surface area contributed by atoms with Crippen LogP contribution in [0.2, 0.25) is 0 Å². The average Bonchev–Trinajstić information content (AvgIpc) is 2.74. The van der Waals surface area contributed by atoms with E-state index in [1.54, 1.807) is 12.1 Å². The lowest BCUT2D eigenvalue weighted by atomic mass is 10.0. The van der Waals surface area contributed by atoms with Gasteiger partial charge in [0.05, 0.1) is 0 Å². The van der Waals surface area contributed by atoms with Crippen LogP contribution in [-0.4, -0.2) is 4.98 Å². The van der Waals surface area contributed by atoms with Crippen LogP contribution in [0.25, 0.3) is 22.0 Å². The molecule has 0 bridgehead atoms. The largest absolute Gasteiger partial charge is 0.361 e. The van der Waals surface area contributed by atoms with Crippen LogP contribution in [0.5, 0.6) is 0 Å². The van der Waals surface area contributed by atoms with Crippen molar-refractivity contribution in [1.82, 2.24) is 4.98 Å². The highest BCUT2D eigenvalue weighted by atomic mass is 19.1. The zero-order valence-corrected chi connectivity index (χ0v) is 8.57. The van der Waals surface area contributed by atoms with Crippen LogP contribution in [-0.2, 0) is 0 Å². The normalized spacial score (nSPS) is 10.8. The molecule has 0 aliphatic carbocycles. The van der Waals surface area contributed by atoms with Crippen molar-refractivity contribution in [3.63, 3.8) is 0 Å². The van der Waals surface area contributed by atoms with Gasteiger partial charge >= 0.3 is 0 Å². The van der Waals surface area contributed by atoms with Gasteiger partial charge in [0.15, 0.2) is 0 Å². The van der Waals surface area contributed by atoms with E-state index in [1.165, 1.54) is 6.07 Å². The van der Waals surface area contributed by atoms with E-state index in [0.29, 0.717) is 5.56 Å². The Morgan fingerprint density at radius 3 is 2.44 bits per heavy atom. The number of hydrogen-bond acceptors (Lipinski definition) is 0. The molecule has 0 aliphatic heterocycles. The maximum atomic E-state index is 13.7. The van der Waals surface area contributed by atoms with Crippen molar-refractivity contribution < 1.29 is 4.39 Å². The summed E-state index contributed by atoms with van der Waals surface area (Å²) < 4.78 is 13.7. The molecule has 2 heteroatoms. The van der Waals surface area contributed by atoms with Gasteiger partial charge in [0.2, 0.25) is 0 Å². The molecule has 0 saturated carbocycles. The second kappa shape index (κ2) is 3.49. The van der Waals surface area contributed by atoms with Gasteiger partial charge in [-0.1, -0.05) is 36.4 Å². The van der Waals surface area contributed by atoms with Crippen LogP contribution in [0.3, 0.4) is 0 Å². The van der Waals surface area contributed by atoms with Crippen molar-refractivity contribution in [3.05, 3.63) is 60.5 Å². The molecule has 2 aromatic carbocycles. The molecule has 0 saturated heterocycles. The molecule has 1 heterocycles. The van der Waals surface area contributed by atoms with Crippen LogP contribution in [0.1, 0.15) is 0 Å². The van der Waals surface area contributed by atoms with E-state index in [1.807, 2.05) is 36.5 Å². The second-order valence-electron chi connectivity index (χ2n) is 3.73. The van der Waals surface area contributed by atoms with Crippen molar-refractivity contribution in [2.24, 2.45) is 0 Å². The van der Waals surface area contributed by atoms with Crippen molar-refractivity contribution in [2.75, 3.05) is 0 Å². The molecule has 0 spiro atoms. The summed E-state index contributed by atoms with van der Waals surface area (Å²) in [6, 6.07) is 14.7. The number of fused-ring (bicyclic) bond motifs is 1. The van der Waals surface area contributed by atoms with Gasteiger partial charge in [0, 0.05) is 28.2 Å². The van der Waals surface area contributed by atoms with Crippen LogP contribution in [0.4, 0.5) is 4.39 Å². The number of aromatic amines is 1. The molecule has 0 unspecified atom stereocenters. The van der Waals surface area contributed by atoms with Gasteiger partial charge in [-0.15, -0.1) is 0 Å². The number of rotatable bonds is 1. The summed E-state index contributed by atoms with van der Waals surface area (Å²) in [6.07, 6.45) is 1.85. The van der Waals surface area contributed by atoms with Crippen molar-refractivity contribution in [3.8, 4) is 11.1 Å². The Morgan fingerprint density at radius 2 is 1.56 bits per heavy atom. The fourth-order valence-corrected chi connectivity index (χ4v) is 1.97. The molecule has 16 heavy (non-hydrogen) atoms. The van der Waals surface area contributed by atoms with Crippen LogP contribution in [0.15, 0.2) is 54.7 Å². The van der Waals surface area contributed by atoms with E-state index >= 15 is 0 Å². The fraction of sp³-hybridized carbons (Fsp3) is 0. The van der Waals surface area contributed by atoms with Gasteiger partial charge < -0.3 is 4.98 Å². The first-order chi connectivity index (χ1) is 7.86. The highest BCUT2D eigenvalue weighted by Gasteiger charge is 2.08. The molecular formula is C14H10FN. The second-order valence-corrected chi connectivity index (χ2v) is 3.73. The summed E-state index contributed by atoms with van der Waals surface area (Å²) in [4.78, 5) is 3.15.